The van der Waals surface area contributed by atoms with E-state index >= 15 is 0 Å². The summed E-state index contributed by atoms with van der Waals surface area (Å²) in [4.78, 5) is 11.7. The highest BCUT2D eigenvalue weighted by Crippen LogP contribution is 2.14. The molecule has 0 aliphatic heterocycles. The second-order valence-corrected chi connectivity index (χ2v) is 10.0. The molecule has 8 nitrogen and oxygen atoms in total. The summed E-state index contributed by atoms with van der Waals surface area (Å²) in [6, 6.07) is 0. The quantitative estimate of drug-likeness (QED) is 0.0565. The van der Waals surface area contributed by atoms with Gasteiger partial charge >= 0.3 is 0 Å². The molecule has 0 aromatic heterocycles. The third-order valence-corrected chi connectivity index (χ3v) is 6.34. The van der Waals surface area contributed by atoms with Crippen LogP contribution < -0.4 is 10.6 Å². The molecule has 0 aliphatic carbocycles. The molecule has 0 aliphatic rings. The third-order valence-electron chi connectivity index (χ3n) is 6.34. The maximum atomic E-state index is 11.7. The van der Waals surface area contributed by atoms with Crippen molar-refractivity contribution in [1.82, 2.24) is 10.6 Å². The topological polar surface area (TPSA) is 120 Å². The molecule has 38 heavy (non-hydrogen) atoms. The van der Waals surface area contributed by atoms with Crippen molar-refractivity contribution in [2.24, 2.45) is 0 Å². The summed E-state index contributed by atoms with van der Waals surface area (Å²) in [7, 11) is 0. The molecule has 1 amide bonds. The van der Waals surface area contributed by atoms with E-state index in [1.807, 2.05) is 0 Å². The lowest BCUT2D eigenvalue weighted by molar-refractivity contribution is -0.121. The summed E-state index contributed by atoms with van der Waals surface area (Å²) >= 11 is 0. The summed E-state index contributed by atoms with van der Waals surface area (Å²) in [5.41, 5.74) is 2.94. The van der Waals surface area contributed by atoms with Gasteiger partial charge in [-0.05, 0) is 71.6 Å². The van der Waals surface area contributed by atoms with E-state index < -0.39 is 6.23 Å². The molecule has 0 spiro atoms. The molecular weight excluding hydrogens is 484 g/mol. The van der Waals surface area contributed by atoms with E-state index in [1.54, 1.807) is 0 Å². The number of nitrogens with one attached hydrogen (secondary N) is 2. The van der Waals surface area contributed by atoms with Gasteiger partial charge in [0.1, 0.15) is 6.23 Å². The maximum Gasteiger partial charge on any atom is 0.220 e. The number of rotatable bonds is 28. The highest BCUT2D eigenvalue weighted by molar-refractivity contribution is 5.75. The summed E-state index contributed by atoms with van der Waals surface area (Å²) in [6.45, 7) is 7.23. The first-order valence-corrected chi connectivity index (χ1v) is 14.9. The fourth-order valence-corrected chi connectivity index (χ4v) is 4.09. The molecule has 1 atom stereocenters. The molecule has 0 saturated carbocycles. The monoisotopic (exact) mass is 542 g/mol. The second kappa shape index (κ2) is 28.7. The van der Waals surface area contributed by atoms with Crippen LogP contribution in [-0.4, -0.2) is 80.2 Å². The number of aliphatic hydroxyl groups is 3. The number of allylic oxidation sites excluding steroid dienone is 4. The van der Waals surface area contributed by atoms with Gasteiger partial charge in [-0.25, -0.2) is 0 Å². The van der Waals surface area contributed by atoms with Crippen LogP contribution in [0.25, 0.3) is 0 Å². The van der Waals surface area contributed by atoms with Crippen LogP contribution in [0, 0.1) is 0 Å². The first-order valence-electron chi connectivity index (χ1n) is 14.9. The third kappa shape index (κ3) is 27.7. The number of ether oxygens (including phenoxy) is 2. The van der Waals surface area contributed by atoms with Gasteiger partial charge in [0, 0.05) is 19.5 Å². The molecule has 5 N–H and O–H groups in total. The number of carbonyl (C=O) groups is 1. The summed E-state index contributed by atoms with van der Waals surface area (Å²) < 4.78 is 10.3. The predicted octanol–water partition coefficient (Wildman–Crippen LogP) is 4.38. The predicted molar refractivity (Wildman–Crippen MR) is 155 cm³/mol. The minimum absolute atomic E-state index is 0.0135. The highest BCUT2D eigenvalue weighted by Gasteiger charge is 2.03. The fraction of sp³-hybridized carbons (Fsp3) is 0.833. The molecular formula is C30H58N2O6. The van der Waals surface area contributed by atoms with Gasteiger partial charge in [-0.1, -0.05) is 49.0 Å². The molecule has 0 heterocycles. The molecule has 0 fully saturated rings. The maximum absolute atomic E-state index is 11.7. The zero-order valence-corrected chi connectivity index (χ0v) is 24.4. The Labute approximate surface area is 232 Å². The zero-order valence-electron chi connectivity index (χ0n) is 24.4. The first-order chi connectivity index (χ1) is 18.5. The lowest BCUT2D eigenvalue weighted by atomic mass is 10.0. The summed E-state index contributed by atoms with van der Waals surface area (Å²) in [5, 5.41) is 33.0. The average molecular weight is 543 g/mol. The van der Waals surface area contributed by atoms with Gasteiger partial charge in [-0.15, -0.1) is 0 Å². The van der Waals surface area contributed by atoms with Crippen LogP contribution in [0.3, 0.4) is 0 Å². The SMILES string of the molecule is C/C(=C\CC/C=C(\C)CCCCCCC(O)NCCOCCO)CCCCCCC(=O)NCCOCCO. The van der Waals surface area contributed by atoms with Gasteiger partial charge in [0.15, 0.2) is 0 Å². The van der Waals surface area contributed by atoms with Crippen LogP contribution >= 0.6 is 0 Å². The molecule has 1 unspecified atom stereocenters. The van der Waals surface area contributed by atoms with Crippen molar-refractivity contribution >= 4 is 5.91 Å². The molecule has 0 aromatic rings. The van der Waals surface area contributed by atoms with Crippen molar-refractivity contribution in [1.29, 1.82) is 0 Å². The summed E-state index contributed by atoms with van der Waals surface area (Å²) in [6.07, 6.45) is 19.0. The van der Waals surface area contributed by atoms with E-state index in [4.69, 9.17) is 19.7 Å². The van der Waals surface area contributed by atoms with Crippen molar-refractivity contribution in [2.45, 2.75) is 110 Å². The van der Waals surface area contributed by atoms with Crippen molar-refractivity contribution < 1.29 is 29.6 Å². The van der Waals surface area contributed by atoms with Crippen LogP contribution in [0.2, 0.25) is 0 Å². The normalized spacial score (nSPS) is 13.2. The number of unbranched alkanes of at least 4 members (excludes halogenated alkanes) is 7. The minimum Gasteiger partial charge on any atom is -0.394 e. The fourth-order valence-electron chi connectivity index (χ4n) is 4.09. The number of aliphatic hydroxyl groups excluding tert-OH is 3. The van der Waals surface area contributed by atoms with Crippen LogP contribution in [0.1, 0.15) is 104 Å². The van der Waals surface area contributed by atoms with Crippen molar-refractivity contribution in [2.75, 3.05) is 52.7 Å². The van der Waals surface area contributed by atoms with E-state index in [0.29, 0.717) is 45.9 Å². The standard InChI is InChI=1S/C30H58N2O6/c1-27(13-7-3-5-9-17-29(35)31-19-23-37-25-21-33)15-11-12-16-28(2)14-8-4-6-10-18-30(36)32-20-24-38-26-22-34/h15-16,29,31,33-35H,3-14,17-26H2,1-2H3,(H,32,36)/b27-15+,28-16+. The van der Waals surface area contributed by atoms with Gasteiger partial charge in [0.25, 0.3) is 0 Å². The van der Waals surface area contributed by atoms with Crippen LogP contribution in [-0.2, 0) is 14.3 Å². The van der Waals surface area contributed by atoms with Gasteiger partial charge < -0.3 is 30.1 Å². The van der Waals surface area contributed by atoms with E-state index in [2.05, 4.69) is 36.6 Å². The van der Waals surface area contributed by atoms with Crippen LogP contribution in [0.5, 0.6) is 0 Å². The van der Waals surface area contributed by atoms with E-state index in [1.165, 1.54) is 30.4 Å². The number of amides is 1. The van der Waals surface area contributed by atoms with Gasteiger partial charge in [0.2, 0.25) is 5.91 Å². The van der Waals surface area contributed by atoms with Crippen molar-refractivity contribution in [3.05, 3.63) is 23.3 Å². The smallest absolute Gasteiger partial charge is 0.220 e. The highest BCUT2D eigenvalue weighted by atomic mass is 16.5. The Morgan fingerprint density at radius 3 is 1.76 bits per heavy atom. The number of carbonyl (C=O) groups excluding carboxylic acids is 1. The molecule has 0 saturated heterocycles. The largest absolute Gasteiger partial charge is 0.394 e. The average Bonchev–Trinajstić information content (AvgIpc) is 2.90. The lowest BCUT2D eigenvalue weighted by Gasteiger charge is -2.12. The van der Waals surface area contributed by atoms with E-state index in [9.17, 15) is 9.90 Å². The molecule has 0 rings (SSSR count). The molecule has 224 valence electrons. The van der Waals surface area contributed by atoms with Gasteiger partial charge in [-0.2, -0.15) is 0 Å². The molecule has 0 aromatic carbocycles. The number of hydrogen-bond donors (Lipinski definition) is 5. The van der Waals surface area contributed by atoms with E-state index in [-0.39, 0.29) is 19.1 Å². The second-order valence-electron chi connectivity index (χ2n) is 10.0. The number of hydrogen-bond acceptors (Lipinski definition) is 7. The summed E-state index contributed by atoms with van der Waals surface area (Å²) in [5.74, 6) is 0.0820. The van der Waals surface area contributed by atoms with E-state index in [0.717, 1.165) is 64.2 Å². The van der Waals surface area contributed by atoms with Crippen molar-refractivity contribution in [3.63, 3.8) is 0 Å². The van der Waals surface area contributed by atoms with Crippen molar-refractivity contribution in [3.8, 4) is 0 Å². The Hall–Kier alpha value is -1.29. The molecule has 8 heteroatoms. The van der Waals surface area contributed by atoms with Crippen LogP contribution in [0.4, 0.5) is 0 Å². The Balaban J connectivity index is 3.59. The van der Waals surface area contributed by atoms with Gasteiger partial charge in [-0.3, -0.25) is 10.1 Å². The molecule has 0 radical (unpaired) electrons. The Morgan fingerprint density at radius 2 is 1.21 bits per heavy atom. The minimum atomic E-state index is -0.473. The van der Waals surface area contributed by atoms with Gasteiger partial charge in [0.05, 0.1) is 39.6 Å². The Kier molecular flexibility index (Phi) is 27.7. The first kappa shape index (κ1) is 36.7. The Bertz CT molecular complexity index is 597. The zero-order chi connectivity index (χ0) is 28.1. The van der Waals surface area contributed by atoms with Crippen LogP contribution in [0.15, 0.2) is 23.3 Å². The molecule has 0 bridgehead atoms. The lowest BCUT2D eigenvalue weighted by Crippen LogP contribution is -2.31. The Morgan fingerprint density at radius 1 is 0.711 bits per heavy atom.